The van der Waals surface area contributed by atoms with E-state index in [0.29, 0.717) is 24.3 Å². The predicted octanol–water partition coefficient (Wildman–Crippen LogP) is 0.925. The van der Waals surface area contributed by atoms with E-state index in [1.807, 2.05) is 0 Å². The van der Waals surface area contributed by atoms with E-state index in [9.17, 15) is 4.39 Å². The van der Waals surface area contributed by atoms with Crippen LogP contribution in [0.2, 0.25) is 0 Å². The van der Waals surface area contributed by atoms with Crippen LogP contribution in [0.15, 0.2) is 18.2 Å². The zero-order chi connectivity index (χ0) is 11.3. The van der Waals surface area contributed by atoms with Crippen molar-refractivity contribution < 1.29 is 14.6 Å². The van der Waals surface area contributed by atoms with E-state index in [2.05, 4.69) is 0 Å². The van der Waals surface area contributed by atoms with Gasteiger partial charge in [0.2, 0.25) is 0 Å². The molecule has 84 valence electrons. The lowest BCUT2D eigenvalue weighted by Crippen LogP contribution is -2.29. The van der Waals surface area contributed by atoms with Crippen molar-refractivity contribution in [3.05, 3.63) is 29.6 Å². The molecule has 0 unspecified atom stereocenters. The molecule has 0 aliphatic rings. The largest absolute Gasteiger partial charge is 0.395 e. The molecular formula is C11H16FNO2. The van der Waals surface area contributed by atoms with Crippen molar-refractivity contribution in [1.29, 1.82) is 0 Å². The molecule has 0 saturated heterocycles. The fraction of sp³-hybridized carbons (Fsp3) is 0.455. The van der Waals surface area contributed by atoms with Crippen molar-refractivity contribution in [3.8, 4) is 0 Å². The normalized spacial score (nSPS) is 10.4. The molecule has 0 bridgehead atoms. The van der Waals surface area contributed by atoms with Crippen molar-refractivity contribution in [2.24, 2.45) is 0 Å². The third kappa shape index (κ3) is 3.18. The number of halogens is 1. The Morgan fingerprint density at radius 2 is 1.80 bits per heavy atom. The highest BCUT2D eigenvalue weighted by atomic mass is 19.1. The molecule has 4 heteroatoms. The summed E-state index contributed by atoms with van der Waals surface area (Å²) >= 11 is 0. The highest BCUT2D eigenvalue weighted by molar-refractivity contribution is 5.48. The van der Waals surface area contributed by atoms with E-state index in [1.165, 1.54) is 6.07 Å². The fourth-order valence-corrected chi connectivity index (χ4v) is 1.39. The van der Waals surface area contributed by atoms with Crippen LogP contribution >= 0.6 is 0 Å². The molecule has 3 nitrogen and oxygen atoms in total. The Morgan fingerprint density at radius 1 is 1.20 bits per heavy atom. The molecule has 0 atom stereocenters. The third-order valence-corrected chi connectivity index (χ3v) is 2.26. The van der Waals surface area contributed by atoms with E-state index in [0.717, 1.165) is 0 Å². The molecule has 0 aliphatic carbocycles. The van der Waals surface area contributed by atoms with Crippen LogP contribution in [0.5, 0.6) is 0 Å². The van der Waals surface area contributed by atoms with Gasteiger partial charge in [0.25, 0.3) is 0 Å². The molecule has 0 aliphatic heterocycles. The van der Waals surface area contributed by atoms with Crippen molar-refractivity contribution >= 4 is 5.69 Å². The lowest BCUT2D eigenvalue weighted by atomic mass is 10.2. The molecule has 0 heterocycles. The number of hydrogen-bond donors (Lipinski definition) is 2. The molecule has 0 saturated carbocycles. The third-order valence-electron chi connectivity index (χ3n) is 2.26. The van der Waals surface area contributed by atoms with Gasteiger partial charge in [-0.3, -0.25) is 0 Å². The summed E-state index contributed by atoms with van der Waals surface area (Å²) in [6.07, 6.45) is 0. The van der Waals surface area contributed by atoms with Crippen LogP contribution in [0.25, 0.3) is 0 Å². The summed E-state index contributed by atoms with van der Waals surface area (Å²) < 4.78 is 13.3. The van der Waals surface area contributed by atoms with Crippen molar-refractivity contribution in [2.75, 3.05) is 31.2 Å². The topological polar surface area (TPSA) is 43.7 Å². The zero-order valence-electron chi connectivity index (χ0n) is 8.78. The van der Waals surface area contributed by atoms with E-state index in [1.54, 1.807) is 24.0 Å². The average Bonchev–Trinajstić information content (AvgIpc) is 2.22. The minimum atomic E-state index is -0.270. The molecule has 1 rings (SSSR count). The quantitative estimate of drug-likeness (QED) is 0.764. The van der Waals surface area contributed by atoms with Crippen LogP contribution in [-0.2, 0) is 0 Å². The first-order valence-corrected chi connectivity index (χ1v) is 4.92. The Balaban J connectivity index is 2.85. The molecule has 0 spiro atoms. The molecular weight excluding hydrogens is 197 g/mol. The first kappa shape index (κ1) is 11.9. The van der Waals surface area contributed by atoms with Gasteiger partial charge in [0.1, 0.15) is 5.82 Å². The number of nitrogens with zero attached hydrogens (tertiary/aromatic N) is 1. The summed E-state index contributed by atoms with van der Waals surface area (Å²) in [5, 5.41) is 17.7. The summed E-state index contributed by atoms with van der Waals surface area (Å²) in [4.78, 5) is 1.74. The van der Waals surface area contributed by atoms with Crippen molar-refractivity contribution in [3.63, 3.8) is 0 Å². The van der Waals surface area contributed by atoms with Crippen molar-refractivity contribution in [1.82, 2.24) is 0 Å². The molecule has 0 radical (unpaired) electrons. The van der Waals surface area contributed by atoms with Gasteiger partial charge >= 0.3 is 0 Å². The molecule has 0 fully saturated rings. The number of aliphatic hydroxyl groups excluding tert-OH is 2. The van der Waals surface area contributed by atoms with E-state index >= 15 is 0 Å². The van der Waals surface area contributed by atoms with E-state index in [-0.39, 0.29) is 19.0 Å². The zero-order valence-corrected chi connectivity index (χ0v) is 8.78. The SMILES string of the molecule is Cc1ccc(N(CCO)CCO)cc1F. The lowest BCUT2D eigenvalue weighted by molar-refractivity contribution is 0.281. The van der Waals surface area contributed by atoms with Gasteiger partial charge in [-0.15, -0.1) is 0 Å². The van der Waals surface area contributed by atoms with Gasteiger partial charge in [-0.05, 0) is 24.6 Å². The number of aryl methyl sites for hydroxylation is 1. The summed E-state index contributed by atoms with van der Waals surface area (Å²) in [6.45, 7) is 2.44. The van der Waals surface area contributed by atoms with Gasteiger partial charge in [-0.1, -0.05) is 6.07 Å². The van der Waals surface area contributed by atoms with Crippen LogP contribution in [-0.4, -0.2) is 36.5 Å². The number of aliphatic hydroxyl groups is 2. The maximum absolute atomic E-state index is 13.3. The van der Waals surface area contributed by atoms with Crippen molar-refractivity contribution in [2.45, 2.75) is 6.92 Å². The predicted molar refractivity (Wildman–Crippen MR) is 57.5 cm³/mol. The number of rotatable bonds is 5. The van der Waals surface area contributed by atoms with Gasteiger partial charge in [0.15, 0.2) is 0 Å². The molecule has 0 amide bonds. The summed E-state index contributed by atoms with van der Waals surface area (Å²) in [7, 11) is 0. The van der Waals surface area contributed by atoms with Gasteiger partial charge < -0.3 is 15.1 Å². The highest BCUT2D eigenvalue weighted by Gasteiger charge is 2.07. The summed E-state index contributed by atoms with van der Waals surface area (Å²) in [5.41, 5.74) is 1.27. The number of benzene rings is 1. The molecule has 1 aromatic rings. The van der Waals surface area contributed by atoms with Gasteiger partial charge in [0, 0.05) is 18.8 Å². The Morgan fingerprint density at radius 3 is 2.27 bits per heavy atom. The first-order valence-electron chi connectivity index (χ1n) is 4.92. The monoisotopic (exact) mass is 213 g/mol. The van der Waals surface area contributed by atoms with Gasteiger partial charge in [-0.25, -0.2) is 4.39 Å². The van der Waals surface area contributed by atoms with E-state index < -0.39 is 0 Å². The Bertz CT molecular complexity index is 311. The van der Waals surface area contributed by atoms with Crippen LogP contribution < -0.4 is 4.90 Å². The second-order valence-electron chi connectivity index (χ2n) is 3.37. The highest BCUT2D eigenvalue weighted by Crippen LogP contribution is 2.17. The van der Waals surface area contributed by atoms with Crippen LogP contribution in [0.3, 0.4) is 0 Å². The Kier molecular flexibility index (Phi) is 4.52. The Labute approximate surface area is 88.8 Å². The number of anilines is 1. The average molecular weight is 213 g/mol. The second-order valence-corrected chi connectivity index (χ2v) is 3.37. The Hall–Kier alpha value is -1.13. The molecule has 15 heavy (non-hydrogen) atoms. The standard InChI is InChI=1S/C11H16FNO2/c1-9-2-3-10(8-11(9)12)13(4-6-14)5-7-15/h2-3,8,14-15H,4-7H2,1H3. The van der Waals surface area contributed by atoms with Crippen LogP contribution in [0.4, 0.5) is 10.1 Å². The number of hydrogen-bond acceptors (Lipinski definition) is 3. The molecule has 0 aromatic heterocycles. The van der Waals surface area contributed by atoms with Gasteiger partial charge in [0.05, 0.1) is 13.2 Å². The maximum Gasteiger partial charge on any atom is 0.128 e. The second kappa shape index (κ2) is 5.68. The molecule has 1 aromatic carbocycles. The summed E-state index contributed by atoms with van der Waals surface area (Å²) in [5.74, 6) is -0.270. The lowest BCUT2D eigenvalue weighted by Gasteiger charge is -2.23. The first-order chi connectivity index (χ1) is 7.19. The maximum atomic E-state index is 13.3. The van der Waals surface area contributed by atoms with E-state index in [4.69, 9.17) is 10.2 Å². The smallest absolute Gasteiger partial charge is 0.128 e. The molecule has 2 N–H and O–H groups in total. The fourth-order valence-electron chi connectivity index (χ4n) is 1.39. The minimum Gasteiger partial charge on any atom is -0.395 e. The van der Waals surface area contributed by atoms with Gasteiger partial charge in [-0.2, -0.15) is 0 Å². The minimum absolute atomic E-state index is 0.0184. The van der Waals surface area contributed by atoms with Crippen LogP contribution in [0, 0.1) is 12.7 Å². The summed E-state index contributed by atoms with van der Waals surface area (Å²) in [6, 6.07) is 4.89. The van der Waals surface area contributed by atoms with Crippen LogP contribution in [0.1, 0.15) is 5.56 Å².